The summed E-state index contributed by atoms with van der Waals surface area (Å²) in [7, 11) is -4.14. The Morgan fingerprint density at radius 1 is 1.58 bits per heavy atom. The Balaban J connectivity index is 2.42. The first kappa shape index (κ1) is 13.1. The standard InChI is InChI=1S/C9H6N4O4S2/c10-3-5-1-2-18-7(5)13-19(16,17)8-6(9(14)15)4-11-12-8/h1-2,4,13H,(H,11,12)(H,14,15). The molecule has 0 aliphatic heterocycles. The molecule has 8 nitrogen and oxygen atoms in total. The molecule has 2 aromatic rings. The number of thiophene rings is 1. The summed E-state index contributed by atoms with van der Waals surface area (Å²) in [5.41, 5.74) is -0.312. The first-order valence-electron chi connectivity index (χ1n) is 4.73. The van der Waals surface area contributed by atoms with Crippen LogP contribution in [0.5, 0.6) is 0 Å². The number of nitrogens with one attached hydrogen (secondary N) is 2. The lowest BCUT2D eigenvalue weighted by atomic mass is 10.4. The number of H-pyrrole nitrogens is 1. The molecule has 2 rings (SSSR count). The van der Waals surface area contributed by atoms with Crippen molar-refractivity contribution in [3.05, 3.63) is 28.8 Å². The summed E-state index contributed by atoms with van der Waals surface area (Å²) in [6, 6.07) is 3.27. The molecule has 2 heterocycles. The highest BCUT2D eigenvalue weighted by Gasteiger charge is 2.25. The summed E-state index contributed by atoms with van der Waals surface area (Å²) in [6.07, 6.45) is 0.899. The SMILES string of the molecule is N#Cc1ccsc1NS(=O)(=O)c1[nH]ncc1C(=O)O. The van der Waals surface area contributed by atoms with Gasteiger partial charge >= 0.3 is 5.97 Å². The van der Waals surface area contributed by atoms with Gasteiger partial charge in [-0.25, -0.2) is 4.79 Å². The number of nitrogens with zero attached hydrogens (tertiary/aromatic N) is 2. The lowest BCUT2D eigenvalue weighted by molar-refractivity contribution is 0.0692. The molecule has 19 heavy (non-hydrogen) atoms. The number of hydrogen-bond donors (Lipinski definition) is 3. The van der Waals surface area contributed by atoms with Crippen LogP contribution in [0.1, 0.15) is 15.9 Å². The zero-order chi connectivity index (χ0) is 14.0. The van der Waals surface area contributed by atoms with Crippen LogP contribution >= 0.6 is 11.3 Å². The molecule has 0 bridgehead atoms. The van der Waals surface area contributed by atoms with Gasteiger partial charge in [-0.3, -0.25) is 9.82 Å². The lowest BCUT2D eigenvalue weighted by Crippen LogP contribution is -2.16. The number of anilines is 1. The number of aromatic nitrogens is 2. The predicted molar refractivity (Wildman–Crippen MR) is 65.4 cm³/mol. The Morgan fingerprint density at radius 2 is 2.32 bits per heavy atom. The van der Waals surface area contributed by atoms with Crippen LogP contribution < -0.4 is 4.72 Å². The van der Waals surface area contributed by atoms with Gasteiger partial charge in [0.1, 0.15) is 16.6 Å². The van der Waals surface area contributed by atoms with Gasteiger partial charge in [0.15, 0.2) is 5.03 Å². The monoisotopic (exact) mass is 298 g/mol. The average Bonchev–Trinajstić information content (AvgIpc) is 2.95. The van der Waals surface area contributed by atoms with Crippen molar-refractivity contribution < 1.29 is 18.3 Å². The number of carboxylic acids is 1. The van der Waals surface area contributed by atoms with Crippen LogP contribution in [0.4, 0.5) is 5.00 Å². The van der Waals surface area contributed by atoms with Crippen LogP contribution in [-0.4, -0.2) is 29.7 Å². The topological polar surface area (TPSA) is 136 Å². The van der Waals surface area contributed by atoms with Crippen LogP contribution in [0, 0.1) is 11.3 Å². The second-order valence-corrected chi connectivity index (χ2v) is 5.83. The number of carbonyl (C=O) groups is 1. The van der Waals surface area contributed by atoms with E-state index in [2.05, 4.69) is 14.9 Å². The molecule has 0 unspecified atom stereocenters. The lowest BCUT2D eigenvalue weighted by Gasteiger charge is -2.05. The van der Waals surface area contributed by atoms with Crippen molar-refractivity contribution in [2.45, 2.75) is 5.03 Å². The molecule has 0 amide bonds. The van der Waals surface area contributed by atoms with E-state index in [0.717, 1.165) is 17.5 Å². The number of sulfonamides is 1. The maximum atomic E-state index is 12.0. The van der Waals surface area contributed by atoms with E-state index in [9.17, 15) is 13.2 Å². The summed E-state index contributed by atoms with van der Waals surface area (Å²) < 4.78 is 26.2. The average molecular weight is 298 g/mol. The minimum Gasteiger partial charge on any atom is -0.478 e. The first-order valence-corrected chi connectivity index (χ1v) is 7.09. The van der Waals surface area contributed by atoms with E-state index >= 15 is 0 Å². The van der Waals surface area contributed by atoms with Crippen molar-refractivity contribution in [3.63, 3.8) is 0 Å². The zero-order valence-electron chi connectivity index (χ0n) is 9.11. The smallest absolute Gasteiger partial charge is 0.340 e. The van der Waals surface area contributed by atoms with Gasteiger partial charge in [0, 0.05) is 0 Å². The van der Waals surface area contributed by atoms with Crippen molar-refractivity contribution in [2.75, 3.05) is 4.72 Å². The second-order valence-electron chi connectivity index (χ2n) is 3.30. The quantitative estimate of drug-likeness (QED) is 0.765. The van der Waals surface area contributed by atoms with Crippen LogP contribution in [0.25, 0.3) is 0 Å². The summed E-state index contributed by atoms with van der Waals surface area (Å²) >= 11 is 1.02. The Bertz CT molecular complexity index is 768. The highest BCUT2D eigenvalue weighted by atomic mass is 32.2. The van der Waals surface area contributed by atoms with Gasteiger partial charge in [-0.2, -0.15) is 18.8 Å². The Kier molecular flexibility index (Phi) is 3.24. The first-order chi connectivity index (χ1) is 8.95. The van der Waals surface area contributed by atoms with Gasteiger partial charge in [0.25, 0.3) is 10.0 Å². The van der Waals surface area contributed by atoms with E-state index < -0.39 is 26.6 Å². The molecule has 98 valence electrons. The fraction of sp³-hybridized carbons (Fsp3) is 0. The van der Waals surface area contributed by atoms with E-state index in [1.165, 1.54) is 6.07 Å². The summed E-state index contributed by atoms with van der Waals surface area (Å²) in [5, 5.41) is 24.2. The maximum Gasteiger partial charge on any atom is 0.340 e. The van der Waals surface area contributed by atoms with Gasteiger partial charge in [-0.15, -0.1) is 11.3 Å². The minimum atomic E-state index is -4.14. The molecule has 0 saturated heterocycles. The molecule has 0 aliphatic rings. The van der Waals surface area contributed by atoms with Crippen LogP contribution in [0.15, 0.2) is 22.7 Å². The Hall–Kier alpha value is -2.38. The van der Waals surface area contributed by atoms with E-state index in [0.29, 0.717) is 0 Å². The van der Waals surface area contributed by atoms with E-state index in [4.69, 9.17) is 10.4 Å². The van der Waals surface area contributed by atoms with E-state index in [1.54, 1.807) is 5.38 Å². The maximum absolute atomic E-state index is 12.0. The van der Waals surface area contributed by atoms with Crippen molar-refractivity contribution in [3.8, 4) is 6.07 Å². The fourth-order valence-corrected chi connectivity index (χ4v) is 3.44. The largest absolute Gasteiger partial charge is 0.478 e. The van der Waals surface area contributed by atoms with Crippen molar-refractivity contribution in [1.29, 1.82) is 5.26 Å². The van der Waals surface area contributed by atoms with E-state index in [-0.39, 0.29) is 10.6 Å². The van der Waals surface area contributed by atoms with Crippen LogP contribution in [-0.2, 0) is 10.0 Å². The number of rotatable bonds is 4. The van der Waals surface area contributed by atoms with Crippen molar-refractivity contribution >= 4 is 32.3 Å². The Morgan fingerprint density at radius 3 is 2.95 bits per heavy atom. The van der Waals surface area contributed by atoms with E-state index in [1.807, 2.05) is 6.07 Å². The highest BCUT2D eigenvalue weighted by molar-refractivity contribution is 7.93. The van der Waals surface area contributed by atoms with Crippen molar-refractivity contribution in [2.24, 2.45) is 0 Å². The van der Waals surface area contributed by atoms with Gasteiger partial charge in [-0.05, 0) is 11.4 Å². The molecular formula is C9H6N4O4S2. The van der Waals surface area contributed by atoms with Crippen LogP contribution in [0.2, 0.25) is 0 Å². The molecule has 0 aliphatic carbocycles. The molecule has 0 radical (unpaired) electrons. The molecule has 0 atom stereocenters. The second kappa shape index (κ2) is 4.71. The van der Waals surface area contributed by atoms with Crippen molar-refractivity contribution in [1.82, 2.24) is 10.2 Å². The van der Waals surface area contributed by atoms with Crippen LogP contribution in [0.3, 0.4) is 0 Å². The molecule has 10 heteroatoms. The molecule has 0 fully saturated rings. The normalized spacial score (nSPS) is 10.9. The molecule has 3 N–H and O–H groups in total. The molecule has 0 aromatic carbocycles. The number of nitriles is 1. The zero-order valence-corrected chi connectivity index (χ0v) is 10.7. The van der Waals surface area contributed by atoms with Gasteiger partial charge in [-0.1, -0.05) is 0 Å². The van der Waals surface area contributed by atoms with Gasteiger partial charge < -0.3 is 5.11 Å². The fourth-order valence-electron chi connectivity index (χ4n) is 1.28. The molecule has 2 aromatic heterocycles. The van der Waals surface area contributed by atoms with Gasteiger partial charge in [0.2, 0.25) is 0 Å². The third kappa shape index (κ3) is 2.42. The predicted octanol–water partition coefficient (Wildman–Crippen LogP) is 0.842. The number of aromatic carboxylic acids is 1. The molecule has 0 spiro atoms. The minimum absolute atomic E-state index is 0.119. The number of aromatic amines is 1. The third-order valence-electron chi connectivity index (χ3n) is 2.12. The van der Waals surface area contributed by atoms with Gasteiger partial charge in [0.05, 0.1) is 11.8 Å². The molecular weight excluding hydrogens is 292 g/mol. The number of hydrogen-bond acceptors (Lipinski definition) is 6. The molecule has 0 saturated carbocycles. The summed E-state index contributed by atoms with van der Waals surface area (Å²) in [4.78, 5) is 10.9. The summed E-state index contributed by atoms with van der Waals surface area (Å²) in [6.45, 7) is 0. The third-order valence-corrected chi connectivity index (χ3v) is 4.40. The summed E-state index contributed by atoms with van der Waals surface area (Å²) in [5.74, 6) is -1.42. The highest BCUT2D eigenvalue weighted by Crippen LogP contribution is 2.25. The number of carboxylic acid groups (broad SMARTS) is 1. The Labute approximate surface area is 111 Å².